The van der Waals surface area contributed by atoms with Crippen molar-refractivity contribution < 1.29 is 17.6 Å². The van der Waals surface area contributed by atoms with Crippen molar-refractivity contribution in [3.8, 4) is 11.1 Å². The summed E-state index contributed by atoms with van der Waals surface area (Å²) in [6.07, 6.45) is 5.94. The quantitative estimate of drug-likeness (QED) is 0.341. The van der Waals surface area contributed by atoms with Crippen molar-refractivity contribution >= 4 is 50.8 Å². The summed E-state index contributed by atoms with van der Waals surface area (Å²) in [6.45, 7) is 0. The van der Waals surface area contributed by atoms with Crippen molar-refractivity contribution in [2.45, 2.75) is 0 Å². The van der Waals surface area contributed by atoms with Gasteiger partial charge in [-0.2, -0.15) is 0 Å². The van der Waals surface area contributed by atoms with Gasteiger partial charge in [-0.3, -0.25) is 19.5 Å². The van der Waals surface area contributed by atoms with Crippen molar-refractivity contribution in [1.29, 1.82) is 0 Å². The van der Waals surface area contributed by atoms with Crippen molar-refractivity contribution in [3.63, 3.8) is 0 Å². The predicted molar refractivity (Wildman–Crippen MR) is 129 cm³/mol. The van der Waals surface area contributed by atoms with Crippen LogP contribution in [-0.4, -0.2) is 31.8 Å². The molecule has 2 aromatic carbocycles. The second-order valence-electron chi connectivity index (χ2n) is 6.85. The molecule has 0 saturated heterocycles. The van der Waals surface area contributed by atoms with E-state index in [1.807, 2.05) is 0 Å². The van der Waals surface area contributed by atoms with E-state index in [2.05, 4.69) is 20.0 Å². The average Bonchev–Trinajstić information content (AvgIpc) is 2.72. The highest BCUT2D eigenvalue weighted by Gasteiger charge is 2.11. The molecule has 11 heteroatoms. The summed E-state index contributed by atoms with van der Waals surface area (Å²) in [5.74, 6) is -1.09. The van der Waals surface area contributed by atoms with Gasteiger partial charge in [0.1, 0.15) is 5.82 Å². The number of nitrogens with zero attached hydrogens (tertiary/aromatic N) is 2. The summed E-state index contributed by atoms with van der Waals surface area (Å²) in [5, 5.41) is 2.80. The van der Waals surface area contributed by atoms with Crippen LogP contribution in [0.4, 0.5) is 21.5 Å². The molecule has 0 aliphatic heterocycles. The molecule has 0 unspecified atom stereocenters. The Balaban J connectivity index is 1.82. The zero-order valence-corrected chi connectivity index (χ0v) is 18.9. The number of halogens is 2. The first kappa shape index (κ1) is 23.9. The van der Waals surface area contributed by atoms with Gasteiger partial charge in [-0.1, -0.05) is 29.8 Å². The first-order valence-corrected chi connectivity index (χ1v) is 11.7. The van der Waals surface area contributed by atoms with Crippen LogP contribution in [0.1, 0.15) is 0 Å². The number of amides is 1. The summed E-state index contributed by atoms with van der Waals surface area (Å²) >= 11 is 6.02. The highest BCUT2D eigenvalue weighted by atomic mass is 35.5. The number of sulfonamides is 1. The van der Waals surface area contributed by atoms with Crippen LogP contribution < -0.4 is 15.8 Å². The van der Waals surface area contributed by atoms with Gasteiger partial charge < -0.3 is 11.1 Å². The number of carbonyl (C=O) groups is 1. The maximum absolute atomic E-state index is 13.6. The van der Waals surface area contributed by atoms with E-state index in [1.54, 1.807) is 24.3 Å². The van der Waals surface area contributed by atoms with Gasteiger partial charge in [0.25, 0.3) is 5.91 Å². The zero-order chi connectivity index (χ0) is 24.0. The monoisotopic (exact) mass is 487 g/mol. The molecule has 0 atom stereocenters. The lowest BCUT2D eigenvalue weighted by atomic mass is 10.1. The van der Waals surface area contributed by atoms with Crippen LogP contribution >= 0.6 is 11.6 Å². The summed E-state index contributed by atoms with van der Waals surface area (Å²) in [4.78, 5) is 20.9. The van der Waals surface area contributed by atoms with E-state index in [0.717, 1.165) is 18.7 Å². The molecule has 0 aliphatic rings. The molecule has 33 heavy (non-hydrogen) atoms. The molecule has 0 aliphatic carbocycles. The minimum absolute atomic E-state index is 0.0276. The summed E-state index contributed by atoms with van der Waals surface area (Å²) in [6, 6.07) is 12.5. The zero-order valence-electron chi connectivity index (χ0n) is 17.3. The van der Waals surface area contributed by atoms with Crippen LogP contribution in [-0.2, 0) is 14.8 Å². The Morgan fingerprint density at radius 2 is 1.88 bits per heavy atom. The van der Waals surface area contributed by atoms with Crippen LogP contribution in [0.15, 0.2) is 77.7 Å². The third kappa shape index (κ3) is 6.86. The fraction of sp³-hybridized carbons (Fsp3) is 0.0455. The van der Waals surface area contributed by atoms with E-state index in [-0.39, 0.29) is 22.0 Å². The number of hydrogen-bond acceptors (Lipinski definition) is 6. The Kier molecular flexibility index (Phi) is 7.41. The van der Waals surface area contributed by atoms with Crippen molar-refractivity contribution in [1.82, 2.24) is 4.98 Å². The second kappa shape index (κ2) is 10.2. The molecule has 1 aromatic heterocycles. The van der Waals surface area contributed by atoms with Gasteiger partial charge in [-0.25, -0.2) is 12.8 Å². The molecule has 0 saturated carbocycles. The Hall–Kier alpha value is -3.76. The molecule has 3 aromatic rings. The minimum Gasteiger partial charge on any atom is -0.404 e. The van der Waals surface area contributed by atoms with Crippen molar-refractivity contribution in [2.75, 3.05) is 16.3 Å². The lowest BCUT2D eigenvalue weighted by molar-refractivity contribution is -0.112. The number of aliphatic imine (C=N–C) groups is 1. The van der Waals surface area contributed by atoms with Gasteiger partial charge in [0.2, 0.25) is 10.0 Å². The summed E-state index contributed by atoms with van der Waals surface area (Å²) in [7, 11) is -3.53. The van der Waals surface area contributed by atoms with E-state index >= 15 is 0 Å². The average molecular weight is 488 g/mol. The van der Waals surface area contributed by atoms with E-state index < -0.39 is 21.7 Å². The fourth-order valence-corrected chi connectivity index (χ4v) is 3.63. The van der Waals surface area contributed by atoms with Crippen LogP contribution in [0.5, 0.6) is 0 Å². The molecule has 170 valence electrons. The molecular formula is C22H19ClFN5O3S. The first-order chi connectivity index (χ1) is 15.6. The Morgan fingerprint density at radius 3 is 2.58 bits per heavy atom. The second-order valence-corrected chi connectivity index (χ2v) is 9.03. The number of rotatable bonds is 7. The number of hydrogen-bond donors (Lipinski definition) is 3. The fourth-order valence-electron chi connectivity index (χ4n) is 2.84. The Bertz CT molecular complexity index is 1360. The molecule has 4 N–H and O–H groups in total. The first-order valence-electron chi connectivity index (χ1n) is 9.40. The number of pyridine rings is 1. The number of aromatic nitrogens is 1. The molecule has 3 rings (SSSR count). The molecule has 1 amide bonds. The number of nitrogens with two attached hydrogens (primary N) is 1. The molecule has 0 spiro atoms. The molecule has 0 fully saturated rings. The number of anilines is 2. The van der Waals surface area contributed by atoms with Crippen LogP contribution in [0, 0.1) is 5.82 Å². The van der Waals surface area contributed by atoms with Crippen molar-refractivity contribution in [3.05, 3.63) is 83.5 Å². The molecule has 0 radical (unpaired) electrons. The number of carbonyl (C=O) groups excluding carboxylic acids is 1. The highest BCUT2D eigenvalue weighted by molar-refractivity contribution is 7.92. The van der Waals surface area contributed by atoms with Crippen LogP contribution in [0.2, 0.25) is 5.02 Å². The third-order valence-electron chi connectivity index (χ3n) is 4.16. The van der Waals surface area contributed by atoms with Crippen LogP contribution in [0.3, 0.4) is 0 Å². The maximum atomic E-state index is 13.6. The van der Waals surface area contributed by atoms with Crippen LogP contribution in [0.25, 0.3) is 11.1 Å². The number of nitrogens with one attached hydrogen (secondary N) is 2. The highest BCUT2D eigenvalue weighted by Crippen LogP contribution is 2.30. The van der Waals surface area contributed by atoms with Crippen molar-refractivity contribution in [2.24, 2.45) is 10.7 Å². The smallest absolute Gasteiger partial charge is 0.258 e. The maximum Gasteiger partial charge on any atom is 0.258 e. The lowest BCUT2D eigenvalue weighted by Gasteiger charge is -2.10. The largest absolute Gasteiger partial charge is 0.404 e. The topological polar surface area (TPSA) is 127 Å². The van der Waals surface area contributed by atoms with E-state index in [1.165, 1.54) is 36.7 Å². The SMILES string of the molecule is CS(=O)(=O)Nc1cc(Cl)cc(NC(=O)/C(C=Nc2ccccc2-c2cncc(F)c2)=C/N)c1. The number of benzene rings is 2. The molecule has 1 heterocycles. The van der Waals surface area contributed by atoms with E-state index in [4.69, 9.17) is 17.3 Å². The van der Waals surface area contributed by atoms with E-state index in [9.17, 15) is 17.6 Å². The normalized spacial score (nSPS) is 12.0. The van der Waals surface area contributed by atoms with Gasteiger partial charge in [0, 0.05) is 40.4 Å². The van der Waals surface area contributed by atoms with Gasteiger partial charge in [0.15, 0.2) is 0 Å². The van der Waals surface area contributed by atoms with Gasteiger partial charge in [-0.15, -0.1) is 0 Å². The standard InChI is InChI=1S/C22H19ClFN5O3S/c1-33(31,32)29-19-8-16(23)7-18(9-19)28-22(30)15(10-25)12-27-21-5-3-2-4-20(21)14-6-17(24)13-26-11-14/h2-13,29H,25H2,1H3,(H,28,30)/b15-10+,27-12?. The Labute approximate surface area is 195 Å². The summed E-state index contributed by atoms with van der Waals surface area (Å²) in [5.41, 5.74) is 7.68. The van der Waals surface area contributed by atoms with Gasteiger partial charge in [-0.05, 0) is 30.3 Å². The Morgan fingerprint density at radius 1 is 1.15 bits per heavy atom. The number of para-hydroxylation sites is 1. The van der Waals surface area contributed by atoms with Gasteiger partial charge >= 0.3 is 0 Å². The van der Waals surface area contributed by atoms with E-state index in [0.29, 0.717) is 16.8 Å². The molecule has 0 bridgehead atoms. The minimum atomic E-state index is -3.53. The van der Waals surface area contributed by atoms with Gasteiger partial charge in [0.05, 0.1) is 29.4 Å². The third-order valence-corrected chi connectivity index (χ3v) is 4.99. The lowest BCUT2D eigenvalue weighted by Crippen LogP contribution is -2.17. The molecule has 8 nitrogen and oxygen atoms in total. The summed E-state index contributed by atoms with van der Waals surface area (Å²) < 4.78 is 38.8. The molecular weight excluding hydrogens is 469 g/mol. The predicted octanol–water partition coefficient (Wildman–Crippen LogP) is 4.10.